The van der Waals surface area contributed by atoms with Crippen LogP contribution in [0.4, 0.5) is 0 Å². The fourth-order valence-corrected chi connectivity index (χ4v) is 2.87. The lowest BCUT2D eigenvalue weighted by molar-refractivity contribution is -0.135. The molecule has 0 bridgehead atoms. The van der Waals surface area contributed by atoms with Crippen molar-refractivity contribution in [3.63, 3.8) is 0 Å². The molecule has 0 unspecified atom stereocenters. The maximum Gasteiger partial charge on any atom is 0.225 e. The smallest absolute Gasteiger partial charge is 0.225 e. The van der Waals surface area contributed by atoms with Crippen LogP contribution in [0.2, 0.25) is 5.02 Å². The second kappa shape index (κ2) is 7.14. The predicted molar refractivity (Wildman–Crippen MR) is 84.4 cm³/mol. The Morgan fingerprint density at radius 1 is 1.43 bits per heavy atom. The van der Waals surface area contributed by atoms with E-state index in [1.54, 1.807) is 18.2 Å². The van der Waals surface area contributed by atoms with Crippen LogP contribution < -0.4 is 5.32 Å². The molecule has 0 radical (unpaired) electrons. The Morgan fingerprint density at radius 3 is 2.67 bits per heavy atom. The highest BCUT2D eigenvalue weighted by molar-refractivity contribution is 6.31. The number of halogens is 1. The van der Waals surface area contributed by atoms with Gasteiger partial charge in [0.25, 0.3) is 0 Å². The first kappa shape index (κ1) is 16.1. The van der Waals surface area contributed by atoms with Crippen LogP contribution in [0, 0.1) is 5.92 Å². The van der Waals surface area contributed by atoms with E-state index in [0.717, 1.165) is 31.5 Å². The molecule has 1 saturated heterocycles. The van der Waals surface area contributed by atoms with E-state index in [1.165, 1.54) is 0 Å². The van der Waals surface area contributed by atoms with Gasteiger partial charge >= 0.3 is 0 Å². The van der Waals surface area contributed by atoms with Crippen molar-refractivity contribution in [1.29, 1.82) is 0 Å². The van der Waals surface area contributed by atoms with Crippen molar-refractivity contribution in [1.82, 2.24) is 10.2 Å². The number of carbonyl (C=O) groups is 1. The minimum absolute atomic E-state index is 0.0644. The molecule has 5 heteroatoms. The lowest BCUT2D eigenvalue weighted by Gasteiger charge is -2.33. The second-order valence-electron chi connectivity index (χ2n) is 5.87. The van der Waals surface area contributed by atoms with Crippen molar-refractivity contribution in [3.05, 3.63) is 28.8 Å². The molecular formula is C16H23ClN2O2. The van der Waals surface area contributed by atoms with E-state index >= 15 is 0 Å². The zero-order valence-corrected chi connectivity index (χ0v) is 13.4. The number of rotatable bonds is 4. The summed E-state index contributed by atoms with van der Waals surface area (Å²) in [6.07, 6.45) is 1.87. The first-order valence-electron chi connectivity index (χ1n) is 7.47. The number of amides is 1. The molecule has 1 amide bonds. The van der Waals surface area contributed by atoms with E-state index in [4.69, 9.17) is 11.6 Å². The normalized spacial score (nSPS) is 16.5. The molecule has 2 N–H and O–H groups in total. The van der Waals surface area contributed by atoms with Gasteiger partial charge in [-0.15, -0.1) is 0 Å². The van der Waals surface area contributed by atoms with Gasteiger partial charge in [-0.3, -0.25) is 4.79 Å². The summed E-state index contributed by atoms with van der Waals surface area (Å²) in [5.41, 5.74) is 0.736. The Balaban J connectivity index is 1.83. The van der Waals surface area contributed by atoms with E-state index in [1.807, 2.05) is 18.7 Å². The molecule has 1 fully saturated rings. The SMILES string of the molecule is CC(C)C(=O)N1CCC(NCc2c(O)cccc2Cl)CC1. The van der Waals surface area contributed by atoms with Crippen molar-refractivity contribution in [2.24, 2.45) is 5.92 Å². The number of aromatic hydroxyl groups is 1. The summed E-state index contributed by atoms with van der Waals surface area (Å²) in [4.78, 5) is 13.9. The maximum absolute atomic E-state index is 11.9. The third kappa shape index (κ3) is 4.11. The van der Waals surface area contributed by atoms with Crippen LogP contribution >= 0.6 is 11.6 Å². The van der Waals surface area contributed by atoms with Crippen LogP contribution in [0.15, 0.2) is 18.2 Å². The second-order valence-corrected chi connectivity index (χ2v) is 6.28. The number of phenols is 1. The molecule has 0 aliphatic carbocycles. The highest BCUT2D eigenvalue weighted by Gasteiger charge is 2.24. The van der Waals surface area contributed by atoms with Gasteiger partial charge in [-0.2, -0.15) is 0 Å². The van der Waals surface area contributed by atoms with Gasteiger partial charge in [0.1, 0.15) is 5.75 Å². The fraction of sp³-hybridized carbons (Fsp3) is 0.562. The zero-order chi connectivity index (χ0) is 15.4. The number of nitrogens with zero attached hydrogens (tertiary/aromatic N) is 1. The van der Waals surface area contributed by atoms with Crippen LogP contribution in [0.1, 0.15) is 32.3 Å². The Kier molecular flexibility index (Phi) is 5.48. The van der Waals surface area contributed by atoms with Gasteiger partial charge in [0.15, 0.2) is 0 Å². The summed E-state index contributed by atoms with van der Waals surface area (Å²) >= 11 is 6.09. The number of benzene rings is 1. The van der Waals surface area contributed by atoms with Crippen molar-refractivity contribution < 1.29 is 9.90 Å². The molecule has 0 aromatic heterocycles. The number of hydrogen-bond donors (Lipinski definition) is 2. The summed E-state index contributed by atoms with van der Waals surface area (Å²) in [5.74, 6) is 0.522. The van der Waals surface area contributed by atoms with Gasteiger partial charge in [0.2, 0.25) is 5.91 Å². The van der Waals surface area contributed by atoms with Gasteiger partial charge in [-0.05, 0) is 25.0 Å². The van der Waals surface area contributed by atoms with E-state index in [-0.39, 0.29) is 17.6 Å². The van der Waals surface area contributed by atoms with Gasteiger partial charge in [0, 0.05) is 42.2 Å². The topological polar surface area (TPSA) is 52.6 Å². The monoisotopic (exact) mass is 310 g/mol. The van der Waals surface area contributed by atoms with Crippen LogP contribution in [-0.2, 0) is 11.3 Å². The van der Waals surface area contributed by atoms with Crippen LogP contribution in [0.5, 0.6) is 5.75 Å². The summed E-state index contributed by atoms with van der Waals surface area (Å²) < 4.78 is 0. The molecule has 1 heterocycles. The maximum atomic E-state index is 11.9. The minimum Gasteiger partial charge on any atom is -0.508 e. The lowest BCUT2D eigenvalue weighted by Crippen LogP contribution is -2.46. The van der Waals surface area contributed by atoms with Crippen molar-refractivity contribution in [2.75, 3.05) is 13.1 Å². The number of piperidine rings is 1. The van der Waals surface area contributed by atoms with Crippen molar-refractivity contribution in [2.45, 2.75) is 39.3 Å². The first-order valence-corrected chi connectivity index (χ1v) is 7.85. The zero-order valence-electron chi connectivity index (χ0n) is 12.6. The van der Waals surface area contributed by atoms with Gasteiger partial charge < -0.3 is 15.3 Å². The molecule has 0 saturated carbocycles. The van der Waals surface area contributed by atoms with Crippen molar-refractivity contribution in [3.8, 4) is 5.75 Å². The molecule has 0 spiro atoms. The number of phenolic OH excluding ortho intramolecular Hbond substituents is 1. The summed E-state index contributed by atoms with van der Waals surface area (Å²) in [6, 6.07) is 5.52. The van der Waals surface area contributed by atoms with E-state index in [2.05, 4.69) is 5.32 Å². The number of hydrogen-bond acceptors (Lipinski definition) is 3. The van der Waals surface area contributed by atoms with Crippen LogP contribution in [0.25, 0.3) is 0 Å². The van der Waals surface area contributed by atoms with E-state index < -0.39 is 0 Å². The molecule has 1 aliphatic heterocycles. The Morgan fingerprint density at radius 2 is 2.10 bits per heavy atom. The number of carbonyl (C=O) groups excluding carboxylic acids is 1. The van der Waals surface area contributed by atoms with Crippen LogP contribution in [-0.4, -0.2) is 35.0 Å². The summed E-state index contributed by atoms with van der Waals surface area (Å²) in [6.45, 7) is 6.01. The van der Waals surface area contributed by atoms with Gasteiger partial charge in [-0.25, -0.2) is 0 Å². The molecule has 21 heavy (non-hydrogen) atoms. The molecule has 116 valence electrons. The Hall–Kier alpha value is -1.26. The molecule has 1 aromatic carbocycles. The molecule has 2 rings (SSSR count). The average molecular weight is 311 g/mol. The predicted octanol–water partition coefficient (Wildman–Crippen LogP) is 2.78. The van der Waals surface area contributed by atoms with Gasteiger partial charge in [-0.1, -0.05) is 31.5 Å². The molecule has 0 atom stereocenters. The average Bonchev–Trinajstić information content (AvgIpc) is 2.46. The highest BCUT2D eigenvalue weighted by atomic mass is 35.5. The third-order valence-corrected chi connectivity index (χ3v) is 4.32. The molecule has 1 aromatic rings. The molecule has 1 aliphatic rings. The molecule has 4 nitrogen and oxygen atoms in total. The Bertz CT molecular complexity index is 477. The van der Waals surface area contributed by atoms with Gasteiger partial charge in [0.05, 0.1) is 0 Å². The standard InChI is InChI=1S/C16H23ClN2O2/c1-11(2)16(21)19-8-6-12(7-9-19)18-10-13-14(17)4-3-5-15(13)20/h3-5,11-12,18,20H,6-10H2,1-2H3. The van der Waals surface area contributed by atoms with Crippen molar-refractivity contribution >= 4 is 17.5 Å². The van der Waals surface area contributed by atoms with E-state index in [9.17, 15) is 9.90 Å². The lowest BCUT2D eigenvalue weighted by atomic mass is 10.0. The van der Waals surface area contributed by atoms with Crippen LogP contribution in [0.3, 0.4) is 0 Å². The number of nitrogens with one attached hydrogen (secondary N) is 1. The fourth-order valence-electron chi connectivity index (χ4n) is 2.64. The molecular weight excluding hydrogens is 288 g/mol. The highest BCUT2D eigenvalue weighted by Crippen LogP contribution is 2.25. The quantitative estimate of drug-likeness (QED) is 0.899. The third-order valence-electron chi connectivity index (χ3n) is 3.96. The minimum atomic E-state index is 0.0644. The largest absolute Gasteiger partial charge is 0.508 e. The first-order chi connectivity index (χ1) is 9.99. The summed E-state index contributed by atoms with van der Waals surface area (Å²) in [5, 5.41) is 13.8. The van der Waals surface area contributed by atoms with E-state index in [0.29, 0.717) is 17.6 Å². The summed E-state index contributed by atoms with van der Waals surface area (Å²) in [7, 11) is 0. The Labute approximate surface area is 131 Å². The number of likely N-dealkylation sites (tertiary alicyclic amines) is 1.